The maximum Gasteiger partial charge on any atom is 0.412 e. The predicted octanol–water partition coefficient (Wildman–Crippen LogP) is 2.93. The molecule has 0 aromatic heterocycles. The number of esters is 1. The molecule has 0 bridgehead atoms. The highest BCUT2D eigenvalue weighted by Gasteiger charge is 2.18. The van der Waals surface area contributed by atoms with Crippen LogP contribution in [-0.4, -0.2) is 24.1 Å². The van der Waals surface area contributed by atoms with Gasteiger partial charge in [0.25, 0.3) is 5.69 Å². The van der Waals surface area contributed by atoms with Crippen molar-refractivity contribution in [3.63, 3.8) is 0 Å². The molecule has 1 amide bonds. The number of nitro groups is 1. The summed E-state index contributed by atoms with van der Waals surface area (Å²) in [5, 5.41) is 13.4. The van der Waals surface area contributed by atoms with E-state index in [2.05, 4.69) is 10.1 Å². The van der Waals surface area contributed by atoms with E-state index in [4.69, 9.17) is 10.5 Å². The number of alkyl carbamates (subject to hydrolysis) is 1. The third-order valence-electron chi connectivity index (χ3n) is 3.75. The Balaban J connectivity index is 2.22. The Morgan fingerprint density at radius 1 is 1.25 bits per heavy atom. The average molecular weight is 385 g/mol. The number of methoxy groups -OCH3 is 1. The van der Waals surface area contributed by atoms with E-state index < -0.39 is 17.0 Å². The first kappa shape index (κ1) is 20.4. The minimum atomic E-state index is -0.873. The number of amides is 1. The molecule has 9 nitrogen and oxygen atoms in total. The van der Waals surface area contributed by atoms with Gasteiger partial charge in [-0.05, 0) is 35.8 Å². The number of carbonyl (C=O) groups excluding carboxylic acids is 2. The van der Waals surface area contributed by atoms with E-state index in [-0.39, 0.29) is 23.7 Å². The van der Waals surface area contributed by atoms with Gasteiger partial charge in [0.05, 0.1) is 12.0 Å². The van der Waals surface area contributed by atoms with Crippen molar-refractivity contribution >= 4 is 29.5 Å². The van der Waals surface area contributed by atoms with Crippen molar-refractivity contribution in [1.29, 1.82) is 0 Å². The number of anilines is 1. The smallest absolute Gasteiger partial charge is 0.412 e. The van der Waals surface area contributed by atoms with Crippen LogP contribution in [0.3, 0.4) is 0 Å². The van der Waals surface area contributed by atoms with Crippen molar-refractivity contribution in [2.24, 2.45) is 0 Å². The number of benzene rings is 2. The lowest BCUT2D eigenvalue weighted by molar-refractivity contribution is -0.383. The van der Waals surface area contributed by atoms with Crippen LogP contribution in [-0.2, 0) is 20.9 Å². The molecule has 9 heteroatoms. The molecule has 28 heavy (non-hydrogen) atoms. The van der Waals surface area contributed by atoms with Gasteiger partial charge in [-0.1, -0.05) is 30.3 Å². The van der Waals surface area contributed by atoms with Crippen molar-refractivity contribution in [3.8, 4) is 0 Å². The first-order chi connectivity index (χ1) is 13.3. The molecule has 0 heterocycles. The highest BCUT2D eigenvalue weighted by atomic mass is 16.6. The lowest BCUT2D eigenvalue weighted by atomic mass is 10.1. The molecule has 0 atom stereocenters. The van der Waals surface area contributed by atoms with Gasteiger partial charge < -0.3 is 15.2 Å². The largest absolute Gasteiger partial charge is 0.464 e. The molecule has 0 unspecified atom stereocenters. The highest BCUT2D eigenvalue weighted by Crippen LogP contribution is 2.27. The van der Waals surface area contributed by atoms with Crippen molar-refractivity contribution in [3.05, 3.63) is 75.0 Å². The molecule has 0 fully saturated rings. The Labute approximate surface area is 160 Å². The summed E-state index contributed by atoms with van der Waals surface area (Å²) in [7, 11) is 1.14. The van der Waals surface area contributed by atoms with Crippen molar-refractivity contribution in [1.82, 2.24) is 5.32 Å². The minimum absolute atomic E-state index is 0.00752. The van der Waals surface area contributed by atoms with Gasteiger partial charge in [0.1, 0.15) is 18.0 Å². The van der Waals surface area contributed by atoms with E-state index in [1.54, 1.807) is 37.3 Å². The molecule has 3 N–H and O–H groups in total. The maximum atomic E-state index is 12.0. The van der Waals surface area contributed by atoms with Gasteiger partial charge in [0.2, 0.25) is 0 Å². The summed E-state index contributed by atoms with van der Waals surface area (Å²) < 4.78 is 9.71. The van der Waals surface area contributed by atoms with Crippen LogP contribution in [0.1, 0.15) is 16.7 Å². The van der Waals surface area contributed by atoms with Gasteiger partial charge in [-0.2, -0.15) is 0 Å². The lowest BCUT2D eigenvalue weighted by Crippen LogP contribution is -2.28. The van der Waals surface area contributed by atoms with E-state index in [1.807, 2.05) is 6.07 Å². The van der Waals surface area contributed by atoms with Gasteiger partial charge >= 0.3 is 12.1 Å². The molecular formula is C19H19N3O6. The SMILES string of the molecule is COC(=O)C(=Cc1cc(C)c(N)c([N+](=O)[O-])c1)NC(=O)OCc1ccccc1. The number of carbonyl (C=O) groups is 2. The molecule has 2 aromatic rings. The summed E-state index contributed by atoms with van der Waals surface area (Å²) in [5.74, 6) is -0.839. The van der Waals surface area contributed by atoms with Crippen molar-refractivity contribution in [2.75, 3.05) is 12.8 Å². The fraction of sp³-hybridized carbons (Fsp3) is 0.158. The van der Waals surface area contributed by atoms with E-state index >= 15 is 0 Å². The third-order valence-corrected chi connectivity index (χ3v) is 3.75. The number of hydrogen-bond donors (Lipinski definition) is 2. The van der Waals surface area contributed by atoms with Gasteiger partial charge in [0.15, 0.2) is 0 Å². The molecule has 2 rings (SSSR count). The molecule has 2 aromatic carbocycles. The van der Waals surface area contributed by atoms with E-state index in [0.29, 0.717) is 11.1 Å². The number of hydrogen-bond acceptors (Lipinski definition) is 7. The molecule has 146 valence electrons. The molecule has 0 saturated carbocycles. The summed E-state index contributed by atoms with van der Waals surface area (Å²) in [6, 6.07) is 11.7. The maximum absolute atomic E-state index is 12.0. The van der Waals surface area contributed by atoms with Gasteiger partial charge in [0, 0.05) is 6.07 Å². The number of nitro benzene ring substituents is 1. The van der Waals surface area contributed by atoms with Crippen LogP contribution in [0.5, 0.6) is 0 Å². The number of aryl methyl sites for hydroxylation is 1. The molecule has 0 radical (unpaired) electrons. The number of nitrogen functional groups attached to an aromatic ring is 1. The number of nitrogens with one attached hydrogen (secondary N) is 1. The monoisotopic (exact) mass is 385 g/mol. The fourth-order valence-corrected chi connectivity index (χ4v) is 2.33. The number of rotatable bonds is 6. The van der Waals surface area contributed by atoms with E-state index in [1.165, 1.54) is 12.1 Å². The Kier molecular flexibility index (Phi) is 6.69. The van der Waals surface area contributed by atoms with Gasteiger partial charge in [-0.15, -0.1) is 0 Å². The van der Waals surface area contributed by atoms with Crippen molar-refractivity contribution < 1.29 is 24.0 Å². The van der Waals surface area contributed by atoms with Crippen LogP contribution >= 0.6 is 0 Å². The van der Waals surface area contributed by atoms with Gasteiger partial charge in [-0.3, -0.25) is 15.4 Å². The normalized spacial score (nSPS) is 10.9. The quantitative estimate of drug-likeness (QED) is 0.257. The second-order valence-electron chi connectivity index (χ2n) is 5.76. The topological polar surface area (TPSA) is 134 Å². The molecule has 0 aliphatic rings. The second kappa shape index (κ2) is 9.17. The minimum Gasteiger partial charge on any atom is -0.464 e. The average Bonchev–Trinajstić information content (AvgIpc) is 2.68. The first-order valence-electron chi connectivity index (χ1n) is 8.14. The molecular weight excluding hydrogens is 366 g/mol. The highest BCUT2D eigenvalue weighted by molar-refractivity contribution is 5.97. The van der Waals surface area contributed by atoms with Crippen LogP contribution in [0.15, 0.2) is 48.2 Å². The summed E-state index contributed by atoms with van der Waals surface area (Å²) in [5.41, 5.74) is 6.70. The summed E-state index contributed by atoms with van der Waals surface area (Å²) in [6.45, 7) is 1.60. The van der Waals surface area contributed by atoms with Crippen LogP contribution in [0.4, 0.5) is 16.2 Å². The zero-order chi connectivity index (χ0) is 20.7. The predicted molar refractivity (Wildman–Crippen MR) is 102 cm³/mol. The van der Waals surface area contributed by atoms with Gasteiger partial charge in [-0.25, -0.2) is 9.59 Å². The van der Waals surface area contributed by atoms with Crippen LogP contribution < -0.4 is 11.1 Å². The number of ether oxygens (including phenoxy) is 2. The zero-order valence-electron chi connectivity index (χ0n) is 15.3. The standard InChI is InChI=1S/C19H19N3O6/c1-12-8-14(10-16(17(12)20)22(25)26)9-15(18(23)27-2)21-19(24)28-11-13-6-4-3-5-7-13/h3-10H,11,20H2,1-2H3,(H,21,24). The lowest BCUT2D eigenvalue weighted by Gasteiger charge is -2.10. The van der Waals surface area contributed by atoms with E-state index in [0.717, 1.165) is 12.7 Å². The molecule has 0 spiro atoms. The first-order valence-corrected chi connectivity index (χ1v) is 8.14. The molecule has 0 aliphatic heterocycles. The summed E-state index contributed by atoms with van der Waals surface area (Å²) in [4.78, 5) is 34.5. The van der Waals surface area contributed by atoms with Crippen LogP contribution in [0, 0.1) is 17.0 Å². The Bertz CT molecular complexity index is 925. The number of nitrogens with two attached hydrogens (primary N) is 1. The van der Waals surface area contributed by atoms with Crippen LogP contribution in [0.25, 0.3) is 6.08 Å². The Morgan fingerprint density at radius 3 is 2.54 bits per heavy atom. The zero-order valence-corrected chi connectivity index (χ0v) is 15.3. The third kappa shape index (κ3) is 5.31. The molecule has 0 saturated heterocycles. The summed E-state index contributed by atoms with van der Waals surface area (Å²) >= 11 is 0. The Morgan fingerprint density at radius 2 is 1.93 bits per heavy atom. The fourth-order valence-electron chi connectivity index (χ4n) is 2.33. The Hall–Kier alpha value is -3.88. The van der Waals surface area contributed by atoms with Crippen molar-refractivity contribution in [2.45, 2.75) is 13.5 Å². The summed E-state index contributed by atoms with van der Waals surface area (Å²) in [6.07, 6.45) is 0.372. The van der Waals surface area contributed by atoms with Crippen LogP contribution in [0.2, 0.25) is 0 Å². The van der Waals surface area contributed by atoms with E-state index in [9.17, 15) is 19.7 Å². The number of nitrogens with zero attached hydrogens (tertiary/aromatic N) is 1. The second-order valence-corrected chi connectivity index (χ2v) is 5.76. The molecule has 0 aliphatic carbocycles.